The minimum Gasteiger partial charge on any atom is -0.369 e. The van der Waals surface area contributed by atoms with Gasteiger partial charge < -0.3 is 5.73 Å². The largest absolute Gasteiger partial charge is 0.369 e. The van der Waals surface area contributed by atoms with Crippen molar-refractivity contribution >= 4 is 44.6 Å². The molecule has 2 N–H and O–H groups in total. The zero-order chi connectivity index (χ0) is 12.7. The van der Waals surface area contributed by atoms with Crippen molar-refractivity contribution in [1.82, 2.24) is 14.5 Å². The molecule has 18 heavy (non-hydrogen) atoms. The Bertz CT molecular complexity index is 738. The lowest BCUT2D eigenvalue weighted by atomic mass is 10.3. The van der Waals surface area contributed by atoms with E-state index >= 15 is 0 Å². The molecule has 0 aliphatic rings. The van der Waals surface area contributed by atoms with Crippen LogP contribution in [0, 0.1) is 0 Å². The predicted molar refractivity (Wildman–Crippen MR) is 76.0 cm³/mol. The summed E-state index contributed by atoms with van der Waals surface area (Å²) in [6, 6.07) is 9.24. The third-order valence-corrected chi connectivity index (χ3v) is 3.40. The van der Waals surface area contributed by atoms with Gasteiger partial charge in [0, 0.05) is 10.7 Å². The Morgan fingerprint density at radius 3 is 2.94 bits per heavy atom. The van der Waals surface area contributed by atoms with Crippen LogP contribution >= 0.6 is 27.5 Å². The maximum atomic E-state index is 6.21. The van der Waals surface area contributed by atoms with Crippen molar-refractivity contribution in [3.8, 4) is 5.69 Å². The van der Waals surface area contributed by atoms with Crippen molar-refractivity contribution in [2.24, 2.45) is 0 Å². The molecule has 3 rings (SSSR count). The highest BCUT2D eigenvalue weighted by atomic mass is 79.9. The van der Waals surface area contributed by atoms with Gasteiger partial charge in [0.15, 0.2) is 5.65 Å². The Labute approximate surface area is 117 Å². The Morgan fingerprint density at radius 2 is 2.11 bits per heavy atom. The fraction of sp³-hybridized carbons (Fsp3) is 0. The van der Waals surface area contributed by atoms with Gasteiger partial charge in [-0.3, -0.25) is 4.57 Å². The molecule has 0 spiro atoms. The molecule has 0 aliphatic heterocycles. The number of halogens is 2. The van der Waals surface area contributed by atoms with Crippen LogP contribution in [-0.2, 0) is 0 Å². The Kier molecular flexibility index (Phi) is 2.72. The number of benzene rings is 1. The molecule has 0 bridgehead atoms. The highest BCUT2D eigenvalue weighted by Gasteiger charge is 2.13. The molecule has 0 amide bonds. The summed E-state index contributed by atoms with van der Waals surface area (Å²) in [6.45, 7) is 0. The van der Waals surface area contributed by atoms with Crippen LogP contribution in [0.25, 0.3) is 16.9 Å². The standard InChI is InChI=1S/C12H8BrClN4/c13-7-3-4-8(14)10(6-7)18-11-9(17-12(18)15)2-1-5-16-11/h1-6H,(H2,15,17). The van der Waals surface area contributed by atoms with E-state index in [0.717, 1.165) is 15.7 Å². The van der Waals surface area contributed by atoms with Crippen molar-refractivity contribution in [2.75, 3.05) is 5.73 Å². The van der Waals surface area contributed by atoms with Gasteiger partial charge in [0.2, 0.25) is 5.95 Å². The van der Waals surface area contributed by atoms with E-state index in [0.29, 0.717) is 16.6 Å². The van der Waals surface area contributed by atoms with E-state index < -0.39 is 0 Å². The molecule has 4 nitrogen and oxygen atoms in total. The van der Waals surface area contributed by atoms with Crippen LogP contribution in [0.1, 0.15) is 0 Å². The molecule has 1 aromatic carbocycles. The number of imidazole rings is 1. The van der Waals surface area contributed by atoms with Crippen LogP contribution in [0.15, 0.2) is 41.0 Å². The lowest BCUT2D eigenvalue weighted by Gasteiger charge is -2.08. The van der Waals surface area contributed by atoms with Gasteiger partial charge in [0.05, 0.1) is 10.7 Å². The summed E-state index contributed by atoms with van der Waals surface area (Å²) in [5, 5.41) is 0.592. The second-order valence-corrected chi connectivity index (χ2v) is 5.07. The lowest BCUT2D eigenvalue weighted by molar-refractivity contribution is 1.08. The summed E-state index contributed by atoms with van der Waals surface area (Å²) in [5.74, 6) is 0.365. The molecule has 6 heteroatoms. The molecule has 2 aromatic heterocycles. The summed E-state index contributed by atoms with van der Waals surface area (Å²) >= 11 is 9.62. The first-order valence-corrected chi connectivity index (χ1v) is 6.38. The topological polar surface area (TPSA) is 56.7 Å². The molecule has 0 saturated carbocycles. The quantitative estimate of drug-likeness (QED) is 0.746. The van der Waals surface area contributed by atoms with Gasteiger partial charge in [-0.15, -0.1) is 0 Å². The number of nitrogens with two attached hydrogens (primary N) is 1. The Balaban J connectivity index is 2.37. The molecule has 3 aromatic rings. The first-order valence-electron chi connectivity index (χ1n) is 5.21. The van der Waals surface area contributed by atoms with Gasteiger partial charge in [-0.25, -0.2) is 9.97 Å². The molecular formula is C12H8BrClN4. The molecule has 90 valence electrons. The summed E-state index contributed by atoms with van der Waals surface area (Å²) in [4.78, 5) is 8.56. The maximum Gasteiger partial charge on any atom is 0.207 e. The summed E-state index contributed by atoms with van der Waals surface area (Å²) in [5.41, 5.74) is 8.13. The first-order chi connectivity index (χ1) is 8.66. The van der Waals surface area contributed by atoms with Gasteiger partial charge in [-0.1, -0.05) is 27.5 Å². The second-order valence-electron chi connectivity index (χ2n) is 3.75. The third-order valence-electron chi connectivity index (χ3n) is 2.59. The van der Waals surface area contributed by atoms with E-state index in [1.165, 1.54) is 0 Å². The normalized spacial score (nSPS) is 11.0. The lowest BCUT2D eigenvalue weighted by Crippen LogP contribution is -2.02. The van der Waals surface area contributed by atoms with Crippen LogP contribution in [-0.4, -0.2) is 14.5 Å². The van der Waals surface area contributed by atoms with Crippen LogP contribution in [0.5, 0.6) is 0 Å². The third kappa shape index (κ3) is 1.76. The van der Waals surface area contributed by atoms with E-state index in [-0.39, 0.29) is 0 Å². The van der Waals surface area contributed by atoms with Gasteiger partial charge in [-0.05, 0) is 30.3 Å². The van der Waals surface area contributed by atoms with Gasteiger partial charge >= 0.3 is 0 Å². The average Bonchev–Trinajstić information content (AvgIpc) is 2.68. The average molecular weight is 324 g/mol. The number of rotatable bonds is 1. The zero-order valence-corrected chi connectivity index (χ0v) is 11.5. The number of aromatic nitrogens is 3. The van der Waals surface area contributed by atoms with Crippen LogP contribution in [0.3, 0.4) is 0 Å². The van der Waals surface area contributed by atoms with Gasteiger partial charge in [0.25, 0.3) is 0 Å². The highest BCUT2D eigenvalue weighted by molar-refractivity contribution is 9.10. The van der Waals surface area contributed by atoms with E-state index in [2.05, 4.69) is 25.9 Å². The maximum absolute atomic E-state index is 6.21. The minimum atomic E-state index is 0.365. The van der Waals surface area contributed by atoms with E-state index in [4.69, 9.17) is 17.3 Å². The van der Waals surface area contributed by atoms with Crippen molar-refractivity contribution in [3.05, 3.63) is 46.0 Å². The predicted octanol–water partition coefficient (Wildman–Crippen LogP) is 3.42. The number of nitrogen functional groups attached to an aromatic ring is 1. The monoisotopic (exact) mass is 322 g/mol. The number of nitrogens with zero attached hydrogens (tertiary/aromatic N) is 3. The molecule has 0 unspecified atom stereocenters. The Morgan fingerprint density at radius 1 is 1.28 bits per heavy atom. The fourth-order valence-corrected chi connectivity index (χ4v) is 2.38. The van der Waals surface area contributed by atoms with Gasteiger partial charge in [0.1, 0.15) is 5.52 Å². The number of hydrogen-bond donors (Lipinski definition) is 1. The fourth-order valence-electron chi connectivity index (χ4n) is 1.82. The summed E-state index contributed by atoms with van der Waals surface area (Å²) in [6.07, 6.45) is 1.70. The smallest absolute Gasteiger partial charge is 0.207 e. The zero-order valence-electron chi connectivity index (χ0n) is 9.14. The second kappa shape index (κ2) is 4.26. The molecule has 0 aliphatic carbocycles. The van der Waals surface area contributed by atoms with E-state index in [1.807, 2.05) is 24.3 Å². The number of pyridine rings is 1. The molecule has 0 radical (unpaired) electrons. The van der Waals surface area contributed by atoms with Crippen molar-refractivity contribution in [2.45, 2.75) is 0 Å². The van der Waals surface area contributed by atoms with E-state index in [1.54, 1.807) is 16.8 Å². The van der Waals surface area contributed by atoms with Crippen LogP contribution < -0.4 is 5.73 Å². The minimum absolute atomic E-state index is 0.365. The molecule has 0 atom stereocenters. The number of hydrogen-bond acceptors (Lipinski definition) is 3. The SMILES string of the molecule is Nc1nc2cccnc2n1-c1cc(Br)ccc1Cl. The van der Waals surface area contributed by atoms with Crippen molar-refractivity contribution < 1.29 is 0 Å². The first kappa shape index (κ1) is 11.5. The molecular weight excluding hydrogens is 316 g/mol. The van der Waals surface area contributed by atoms with E-state index in [9.17, 15) is 0 Å². The Hall–Kier alpha value is -1.59. The van der Waals surface area contributed by atoms with Crippen LogP contribution in [0.2, 0.25) is 5.02 Å². The van der Waals surface area contributed by atoms with Crippen molar-refractivity contribution in [3.63, 3.8) is 0 Å². The molecule has 2 heterocycles. The summed E-state index contributed by atoms with van der Waals surface area (Å²) < 4.78 is 2.65. The number of anilines is 1. The molecule has 0 saturated heterocycles. The van der Waals surface area contributed by atoms with Crippen molar-refractivity contribution in [1.29, 1.82) is 0 Å². The van der Waals surface area contributed by atoms with Crippen LogP contribution in [0.4, 0.5) is 5.95 Å². The highest BCUT2D eigenvalue weighted by Crippen LogP contribution is 2.29. The molecule has 0 fully saturated rings. The summed E-state index contributed by atoms with van der Waals surface area (Å²) in [7, 11) is 0. The van der Waals surface area contributed by atoms with Gasteiger partial charge in [-0.2, -0.15) is 0 Å². The number of fused-ring (bicyclic) bond motifs is 1.